The van der Waals surface area contributed by atoms with Crippen molar-refractivity contribution in [3.05, 3.63) is 18.2 Å². The second-order valence-corrected chi connectivity index (χ2v) is 5.56. The molecule has 0 amide bonds. The van der Waals surface area contributed by atoms with Gasteiger partial charge in [-0.3, -0.25) is 4.90 Å². The highest BCUT2D eigenvalue weighted by atomic mass is 16.5. The topological polar surface area (TPSA) is 50.4 Å². The zero-order valence-electron chi connectivity index (χ0n) is 11.5. The summed E-state index contributed by atoms with van der Waals surface area (Å²) in [6, 6.07) is 0.476. The molecule has 1 saturated heterocycles. The number of imidazole rings is 1. The lowest BCUT2D eigenvalue weighted by Crippen LogP contribution is -2.50. The van der Waals surface area contributed by atoms with E-state index in [1.165, 1.54) is 25.0 Å². The van der Waals surface area contributed by atoms with Gasteiger partial charge in [0.15, 0.2) is 0 Å². The highest BCUT2D eigenvalue weighted by Gasteiger charge is 2.38. The van der Waals surface area contributed by atoms with E-state index in [1.807, 2.05) is 13.3 Å². The summed E-state index contributed by atoms with van der Waals surface area (Å²) in [6.07, 6.45) is 7.78. The lowest BCUT2D eigenvalue weighted by atomic mass is 9.94. The van der Waals surface area contributed by atoms with Crippen LogP contribution in [0.25, 0.3) is 0 Å². The van der Waals surface area contributed by atoms with E-state index in [1.54, 1.807) is 6.33 Å². The smallest absolute Gasteiger partial charge is 0.0922 e. The van der Waals surface area contributed by atoms with Crippen LogP contribution in [0, 0.1) is 5.92 Å². The van der Waals surface area contributed by atoms with Crippen LogP contribution in [0.5, 0.6) is 0 Å². The van der Waals surface area contributed by atoms with E-state index in [0.29, 0.717) is 18.1 Å². The van der Waals surface area contributed by atoms with Gasteiger partial charge in [0.05, 0.1) is 25.6 Å². The zero-order valence-corrected chi connectivity index (χ0v) is 11.5. The number of nitrogens with one attached hydrogen (secondary N) is 1. The molecular formula is C14H23N3O2. The molecular weight excluding hydrogens is 242 g/mol. The highest BCUT2D eigenvalue weighted by Crippen LogP contribution is 2.34. The molecule has 0 aromatic carbocycles. The van der Waals surface area contributed by atoms with Gasteiger partial charge >= 0.3 is 0 Å². The predicted molar refractivity (Wildman–Crippen MR) is 71.7 cm³/mol. The van der Waals surface area contributed by atoms with Crippen molar-refractivity contribution in [3.8, 4) is 0 Å². The number of hydrogen-bond donors (Lipinski definition) is 1. The molecule has 5 nitrogen and oxygen atoms in total. The molecule has 0 spiro atoms. The molecule has 3 atom stereocenters. The Kier molecular flexibility index (Phi) is 4.15. The Hall–Kier alpha value is -0.910. The van der Waals surface area contributed by atoms with Crippen LogP contribution in [0.1, 0.15) is 25.0 Å². The maximum absolute atomic E-state index is 5.71. The van der Waals surface area contributed by atoms with Crippen LogP contribution < -0.4 is 0 Å². The third-order valence-electron chi connectivity index (χ3n) is 4.51. The van der Waals surface area contributed by atoms with Gasteiger partial charge in [-0.05, 0) is 12.8 Å². The monoisotopic (exact) mass is 265 g/mol. The molecule has 1 aromatic heterocycles. The third kappa shape index (κ3) is 2.83. The molecule has 0 unspecified atom stereocenters. The van der Waals surface area contributed by atoms with Gasteiger partial charge in [0.1, 0.15) is 0 Å². The van der Waals surface area contributed by atoms with E-state index in [2.05, 4.69) is 14.9 Å². The Bertz CT molecular complexity index is 382. The molecule has 3 rings (SSSR count). The van der Waals surface area contributed by atoms with Crippen LogP contribution in [0.15, 0.2) is 12.5 Å². The summed E-state index contributed by atoms with van der Waals surface area (Å²) in [5.74, 6) is 0.605. The molecule has 2 fully saturated rings. The van der Waals surface area contributed by atoms with Gasteiger partial charge in [0.2, 0.25) is 0 Å². The van der Waals surface area contributed by atoms with Gasteiger partial charge in [-0.1, -0.05) is 6.42 Å². The normalized spacial score (nSPS) is 32.8. The first kappa shape index (κ1) is 13.1. The molecule has 0 radical (unpaired) electrons. The number of ether oxygens (including phenoxy) is 2. The van der Waals surface area contributed by atoms with Gasteiger partial charge in [-0.2, -0.15) is 0 Å². The lowest BCUT2D eigenvalue weighted by Gasteiger charge is -2.40. The van der Waals surface area contributed by atoms with Crippen LogP contribution in [0.4, 0.5) is 0 Å². The summed E-state index contributed by atoms with van der Waals surface area (Å²) in [7, 11) is 1.84. The number of nitrogens with zero attached hydrogens (tertiary/aromatic N) is 2. The van der Waals surface area contributed by atoms with Crippen molar-refractivity contribution in [1.82, 2.24) is 14.9 Å². The molecule has 1 aliphatic carbocycles. The summed E-state index contributed by atoms with van der Waals surface area (Å²) in [4.78, 5) is 9.83. The number of H-pyrrole nitrogens is 1. The molecule has 0 bridgehead atoms. The highest BCUT2D eigenvalue weighted by molar-refractivity contribution is 4.97. The summed E-state index contributed by atoms with van der Waals surface area (Å²) < 4.78 is 11.4. The summed E-state index contributed by atoms with van der Waals surface area (Å²) >= 11 is 0. The van der Waals surface area contributed by atoms with Crippen molar-refractivity contribution in [2.75, 3.05) is 26.9 Å². The predicted octanol–water partition coefficient (Wildman–Crippen LogP) is 1.43. The molecule has 1 saturated carbocycles. The van der Waals surface area contributed by atoms with E-state index < -0.39 is 0 Å². The lowest BCUT2D eigenvalue weighted by molar-refractivity contribution is -0.0611. The summed E-state index contributed by atoms with van der Waals surface area (Å²) in [5, 5.41) is 0. The van der Waals surface area contributed by atoms with Crippen molar-refractivity contribution >= 4 is 0 Å². The Labute approximate surface area is 114 Å². The van der Waals surface area contributed by atoms with Gasteiger partial charge in [0, 0.05) is 44.0 Å². The fourth-order valence-electron chi connectivity index (χ4n) is 3.53. The van der Waals surface area contributed by atoms with Gasteiger partial charge in [0.25, 0.3) is 0 Å². The average molecular weight is 265 g/mol. The fourth-order valence-corrected chi connectivity index (χ4v) is 3.53. The quantitative estimate of drug-likeness (QED) is 0.894. The molecule has 2 heterocycles. The first-order valence-electron chi connectivity index (χ1n) is 7.20. The molecule has 19 heavy (non-hydrogen) atoms. The first-order valence-corrected chi connectivity index (χ1v) is 7.20. The first-order chi connectivity index (χ1) is 9.38. The van der Waals surface area contributed by atoms with Crippen LogP contribution >= 0.6 is 0 Å². The third-order valence-corrected chi connectivity index (χ3v) is 4.51. The maximum Gasteiger partial charge on any atom is 0.0922 e. The summed E-state index contributed by atoms with van der Waals surface area (Å²) in [6.45, 7) is 3.59. The van der Waals surface area contributed by atoms with Crippen LogP contribution in [0.3, 0.4) is 0 Å². The molecule has 1 aromatic rings. The van der Waals surface area contributed by atoms with E-state index in [4.69, 9.17) is 9.47 Å². The minimum absolute atomic E-state index is 0.399. The Balaban J connectivity index is 1.69. The van der Waals surface area contributed by atoms with E-state index in [-0.39, 0.29) is 0 Å². The molecule has 106 valence electrons. The van der Waals surface area contributed by atoms with Crippen LogP contribution in [0.2, 0.25) is 0 Å². The largest absolute Gasteiger partial charge is 0.381 e. The maximum atomic E-state index is 5.71. The van der Waals surface area contributed by atoms with Crippen molar-refractivity contribution in [2.45, 2.75) is 38.0 Å². The van der Waals surface area contributed by atoms with Crippen molar-refractivity contribution in [1.29, 1.82) is 0 Å². The van der Waals surface area contributed by atoms with Crippen molar-refractivity contribution in [2.24, 2.45) is 5.92 Å². The number of aromatic amines is 1. The Morgan fingerprint density at radius 2 is 2.47 bits per heavy atom. The molecule has 1 N–H and O–H groups in total. The second-order valence-electron chi connectivity index (χ2n) is 5.56. The van der Waals surface area contributed by atoms with Gasteiger partial charge in [-0.25, -0.2) is 4.98 Å². The summed E-state index contributed by atoms with van der Waals surface area (Å²) in [5.41, 5.74) is 1.18. The fraction of sp³-hybridized carbons (Fsp3) is 0.786. The zero-order chi connectivity index (χ0) is 13.1. The number of hydrogen-bond acceptors (Lipinski definition) is 4. The molecule has 1 aliphatic heterocycles. The van der Waals surface area contributed by atoms with E-state index >= 15 is 0 Å². The van der Waals surface area contributed by atoms with E-state index in [0.717, 1.165) is 26.3 Å². The van der Waals surface area contributed by atoms with Crippen molar-refractivity contribution < 1.29 is 9.47 Å². The van der Waals surface area contributed by atoms with Crippen molar-refractivity contribution in [3.63, 3.8) is 0 Å². The number of morpholine rings is 1. The molecule has 5 heteroatoms. The average Bonchev–Trinajstić information content (AvgIpc) is 3.09. The standard InChI is InChI=1S/C14H23N3O2/c1-18-14-4-2-3-12(14)13-9-19-6-5-17(13)8-11-7-15-10-16-11/h7,10,12-14H,2-6,8-9H2,1H3,(H,15,16)/t12-,13-,14+/m0/s1. The minimum Gasteiger partial charge on any atom is -0.381 e. The van der Waals surface area contributed by atoms with Crippen LogP contribution in [-0.2, 0) is 16.0 Å². The number of rotatable bonds is 4. The number of methoxy groups -OCH3 is 1. The Morgan fingerprint density at radius 1 is 1.53 bits per heavy atom. The number of aromatic nitrogens is 2. The van der Waals surface area contributed by atoms with Crippen LogP contribution in [-0.4, -0.2) is 53.9 Å². The molecule has 2 aliphatic rings. The van der Waals surface area contributed by atoms with E-state index in [9.17, 15) is 0 Å². The second kappa shape index (κ2) is 6.03. The Morgan fingerprint density at radius 3 is 3.26 bits per heavy atom. The minimum atomic E-state index is 0.399. The SMILES string of the molecule is CO[C@@H]1CCC[C@H]1[C@@H]1COCCN1Cc1cnc[nH]1. The van der Waals surface area contributed by atoms with Gasteiger partial charge < -0.3 is 14.5 Å². The van der Waals surface area contributed by atoms with Gasteiger partial charge in [-0.15, -0.1) is 0 Å².